The Kier molecular flexibility index (Phi) is 3.12. The number of ether oxygens (including phenoxy) is 1. The fraction of sp³-hybridized carbons (Fsp3) is 0.462. The van der Waals surface area contributed by atoms with Gasteiger partial charge in [-0.25, -0.2) is 15.2 Å². The van der Waals surface area contributed by atoms with Crippen LogP contribution in [0.25, 0.3) is 5.65 Å². The monoisotopic (exact) mass is 254 g/mol. The second kappa shape index (κ2) is 4.92. The number of rotatable bonds is 2. The minimum Gasteiger partial charge on any atom is -0.472 e. The minimum absolute atomic E-state index is 0.0779. The normalized spacial score (nSPS) is 19.4. The van der Waals surface area contributed by atoms with E-state index in [1.807, 2.05) is 23.7 Å². The van der Waals surface area contributed by atoms with E-state index in [1.54, 1.807) is 6.20 Å². The van der Waals surface area contributed by atoms with Gasteiger partial charge in [-0.2, -0.15) is 0 Å². The maximum Gasteiger partial charge on any atom is 0.271 e. The van der Waals surface area contributed by atoms with Crippen molar-refractivity contribution in [3.8, 4) is 11.8 Å². The van der Waals surface area contributed by atoms with Crippen molar-refractivity contribution in [2.75, 3.05) is 0 Å². The molecule has 0 bridgehead atoms. The highest BCUT2D eigenvalue weighted by Crippen LogP contribution is 2.25. The maximum absolute atomic E-state index is 9.01. The highest BCUT2D eigenvalue weighted by atomic mass is 16.5. The number of fused-ring (bicyclic) bond motifs is 1. The molecule has 0 aliphatic carbocycles. The van der Waals surface area contributed by atoms with Crippen LogP contribution < -0.4 is 4.74 Å². The summed E-state index contributed by atoms with van der Waals surface area (Å²) in [6.07, 6.45) is 9.29. The van der Waals surface area contributed by atoms with Gasteiger partial charge in [-0.05, 0) is 19.7 Å². The lowest BCUT2D eigenvalue weighted by atomic mass is 9.42. The minimum atomic E-state index is 0.0779. The topological polar surface area (TPSA) is 63.2 Å². The first-order chi connectivity index (χ1) is 9.28. The molecule has 1 fully saturated rings. The van der Waals surface area contributed by atoms with Crippen molar-refractivity contribution in [1.82, 2.24) is 14.4 Å². The summed E-state index contributed by atoms with van der Waals surface area (Å²) < 4.78 is 7.93. The van der Waals surface area contributed by atoms with Crippen molar-refractivity contribution in [1.29, 1.82) is 5.26 Å². The van der Waals surface area contributed by atoms with Crippen molar-refractivity contribution in [3.63, 3.8) is 0 Å². The number of nitriles is 1. The van der Waals surface area contributed by atoms with Gasteiger partial charge in [0.2, 0.25) is 5.65 Å². The molecule has 2 aromatic heterocycles. The van der Waals surface area contributed by atoms with Crippen molar-refractivity contribution >= 4 is 12.4 Å². The summed E-state index contributed by atoms with van der Waals surface area (Å²) in [6, 6.07) is 0. The average molecular weight is 254 g/mol. The lowest BCUT2D eigenvalue weighted by molar-refractivity contribution is 0.197. The number of hydrogen-bond acceptors (Lipinski definition) is 4. The van der Waals surface area contributed by atoms with Gasteiger partial charge < -0.3 is 4.74 Å². The molecule has 0 spiro atoms. The molecule has 0 amide bonds. The molecule has 19 heavy (non-hydrogen) atoms. The Morgan fingerprint density at radius 3 is 3.26 bits per heavy atom. The molecule has 1 aliphatic heterocycles. The third kappa shape index (κ3) is 2.28. The number of aryl methyl sites for hydroxylation is 1. The third-order valence-corrected chi connectivity index (χ3v) is 3.67. The Morgan fingerprint density at radius 2 is 2.42 bits per heavy atom. The van der Waals surface area contributed by atoms with Crippen molar-refractivity contribution < 1.29 is 4.74 Å². The van der Waals surface area contributed by atoms with Gasteiger partial charge in [-0.3, -0.25) is 4.40 Å². The molecular formula is C13H15BN4O. The third-order valence-electron chi connectivity index (χ3n) is 3.67. The molecule has 96 valence electrons. The fourth-order valence-corrected chi connectivity index (χ4v) is 2.63. The second-order valence-corrected chi connectivity index (χ2v) is 5.06. The first kappa shape index (κ1) is 12.0. The average Bonchev–Trinajstić information content (AvgIpc) is 2.82. The van der Waals surface area contributed by atoms with Gasteiger partial charge in [0.25, 0.3) is 12.6 Å². The van der Waals surface area contributed by atoms with Gasteiger partial charge >= 0.3 is 0 Å². The predicted molar refractivity (Wildman–Crippen MR) is 72.4 cm³/mol. The molecular weight excluding hydrogens is 239 g/mol. The van der Waals surface area contributed by atoms with Gasteiger partial charge in [0.05, 0.1) is 6.10 Å². The Balaban J connectivity index is 1.83. The molecule has 1 saturated heterocycles. The largest absolute Gasteiger partial charge is 0.472 e. The lowest BCUT2D eigenvalue weighted by Crippen LogP contribution is -2.29. The highest BCUT2D eigenvalue weighted by Gasteiger charge is 2.27. The Bertz CT molecular complexity index is 633. The summed E-state index contributed by atoms with van der Waals surface area (Å²) in [5, 5.41) is 9.01. The van der Waals surface area contributed by atoms with Crippen LogP contribution in [0.3, 0.4) is 0 Å². The molecule has 1 unspecified atom stereocenters. The van der Waals surface area contributed by atoms with Gasteiger partial charge in [0.1, 0.15) is 0 Å². The SMILES string of the molecule is Cc1cnc2c(OC3CCCB(C#N)C3)nccn12. The van der Waals surface area contributed by atoms with Crippen LogP contribution in [-0.4, -0.2) is 27.2 Å². The van der Waals surface area contributed by atoms with E-state index in [0.717, 1.165) is 36.8 Å². The molecule has 0 N–H and O–H groups in total. The Labute approximate surface area is 112 Å². The van der Waals surface area contributed by atoms with Gasteiger partial charge in [0, 0.05) is 30.3 Å². The summed E-state index contributed by atoms with van der Waals surface area (Å²) in [5.74, 6) is 2.91. The maximum atomic E-state index is 9.01. The van der Waals surface area contributed by atoms with E-state index in [1.165, 1.54) is 0 Å². The molecule has 1 atom stereocenters. The molecule has 0 aromatic carbocycles. The quantitative estimate of drug-likeness (QED) is 0.770. The van der Waals surface area contributed by atoms with E-state index in [9.17, 15) is 0 Å². The molecule has 0 saturated carbocycles. The summed E-state index contributed by atoms with van der Waals surface area (Å²) in [5.41, 5.74) is 1.81. The van der Waals surface area contributed by atoms with Crippen LogP contribution in [0.1, 0.15) is 18.5 Å². The molecule has 2 aromatic rings. The van der Waals surface area contributed by atoms with Crippen molar-refractivity contribution in [3.05, 3.63) is 24.3 Å². The van der Waals surface area contributed by atoms with E-state index >= 15 is 0 Å². The van der Waals surface area contributed by atoms with Gasteiger partial charge in [0.15, 0.2) is 0 Å². The van der Waals surface area contributed by atoms with E-state index in [4.69, 9.17) is 10.00 Å². The van der Waals surface area contributed by atoms with Crippen LogP contribution in [0.5, 0.6) is 5.88 Å². The van der Waals surface area contributed by atoms with E-state index < -0.39 is 0 Å². The smallest absolute Gasteiger partial charge is 0.271 e. The molecule has 3 rings (SSSR count). The zero-order chi connectivity index (χ0) is 13.2. The van der Waals surface area contributed by atoms with Gasteiger partial charge in [-0.1, -0.05) is 12.7 Å². The second-order valence-electron chi connectivity index (χ2n) is 5.06. The van der Waals surface area contributed by atoms with Crippen LogP contribution in [0.2, 0.25) is 12.6 Å². The van der Waals surface area contributed by atoms with Crippen LogP contribution in [0.4, 0.5) is 0 Å². The molecule has 0 radical (unpaired) electrons. The Hall–Kier alpha value is -2.03. The number of aromatic nitrogens is 3. The highest BCUT2D eigenvalue weighted by molar-refractivity contribution is 6.67. The molecule has 1 aliphatic rings. The molecule has 3 heterocycles. The summed E-state index contributed by atoms with van der Waals surface area (Å²) in [4.78, 5) is 8.61. The van der Waals surface area contributed by atoms with Gasteiger partial charge in [-0.15, -0.1) is 0 Å². The van der Waals surface area contributed by atoms with Crippen LogP contribution in [0, 0.1) is 18.2 Å². The fourth-order valence-electron chi connectivity index (χ4n) is 2.63. The predicted octanol–water partition coefficient (Wildman–Crippen LogP) is 2.14. The zero-order valence-corrected chi connectivity index (χ0v) is 10.9. The molecule has 5 nitrogen and oxygen atoms in total. The van der Waals surface area contributed by atoms with Crippen LogP contribution in [0.15, 0.2) is 18.6 Å². The van der Waals surface area contributed by atoms with Crippen molar-refractivity contribution in [2.24, 2.45) is 0 Å². The van der Waals surface area contributed by atoms with Crippen LogP contribution in [-0.2, 0) is 0 Å². The van der Waals surface area contributed by atoms with Crippen molar-refractivity contribution in [2.45, 2.75) is 38.5 Å². The number of nitrogens with zero attached hydrogens (tertiary/aromatic N) is 4. The Morgan fingerprint density at radius 1 is 1.53 bits per heavy atom. The summed E-state index contributed by atoms with van der Waals surface area (Å²) in [6.45, 7) is 2.11. The summed E-state index contributed by atoms with van der Waals surface area (Å²) in [7, 11) is 0. The lowest BCUT2D eigenvalue weighted by Gasteiger charge is -2.23. The van der Waals surface area contributed by atoms with E-state index in [-0.39, 0.29) is 12.8 Å². The van der Waals surface area contributed by atoms with Crippen LogP contribution >= 0.6 is 0 Å². The first-order valence-electron chi connectivity index (χ1n) is 6.63. The zero-order valence-electron chi connectivity index (χ0n) is 10.9. The number of hydrogen-bond donors (Lipinski definition) is 0. The summed E-state index contributed by atoms with van der Waals surface area (Å²) >= 11 is 0. The van der Waals surface area contributed by atoms with E-state index in [0.29, 0.717) is 5.88 Å². The first-order valence-corrected chi connectivity index (χ1v) is 6.63. The number of imidazole rings is 1. The van der Waals surface area contributed by atoms with E-state index in [2.05, 4.69) is 15.9 Å². The molecule has 6 heteroatoms. The standard InChI is InChI=1S/C13H15BN4O/c1-10-8-17-12-13(16-5-6-18(10)12)19-11-3-2-4-14(7-11)9-15/h5-6,8,11H,2-4,7H2,1H3.